The minimum absolute atomic E-state index is 0.0851. The topological polar surface area (TPSA) is 51.1 Å². The van der Waals surface area contributed by atoms with Crippen molar-refractivity contribution in [3.8, 4) is 5.75 Å². The third-order valence-corrected chi connectivity index (χ3v) is 7.67. The lowest BCUT2D eigenvalue weighted by molar-refractivity contribution is -0.134. The second-order valence-electron chi connectivity index (χ2n) is 10.3. The predicted molar refractivity (Wildman–Crippen MR) is 144 cm³/mol. The molecular formula is C31H36N2O3. The summed E-state index contributed by atoms with van der Waals surface area (Å²) in [4.78, 5) is 20.3. The number of oxime groups is 1. The fourth-order valence-corrected chi connectivity index (χ4v) is 4.99. The Balaban J connectivity index is 1.16. The van der Waals surface area contributed by atoms with E-state index in [1.54, 1.807) is 0 Å². The molecule has 0 radical (unpaired) electrons. The summed E-state index contributed by atoms with van der Waals surface area (Å²) in [5, 5.41) is 6.93. The Hall–Kier alpha value is -3.34. The van der Waals surface area contributed by atoms with E-state index in [0.29, 0.717) is 17.8 Å². The molecule has 1 aliphatic heterocycles. The molecule has 5 heteroatoms. The standard InChI is InChI=1S/C31H36N2O3/c1-2-3-8-29(32-36-22-24-9-10-25-6-4-5-7-27(25)21-24)26-11-13-28(14-12-26)35-23-30(34)33-19-17-31(15-16-31)18-20-33/h4-7,9-14,21H,2-3,8,15-20,22-23H2,1H3/b32-29-. The van der Waals surface area contributed by atoms with E-state index in [4.69, 9.17) is 9.57 Å². The van der Waals surface area contributed by atoms with E-state index in [1.807, 2.05) is 41.3 Å². The van der Waals surface area contributed by atoms with Gasteiger partial charge < -0.3 is 14.5 Å². The minimum Gasteiger partial charge on any atom is -0.484 e. The average molecular weight is 485 g/mol. The van der Waals surface area contributed by atoms with Crippen molar-refractivity contribution in [2.45, 2.75) is 58.5 Å². The number of hydrogen-bond acceptors (Lipinski definition) is 4. The maximum atomic E-state index is 12.6. The number of rotatable bonds is 10. The Morgan fingerprint density at radius 2 is 1.69 bits per heavy atom. The van der Waals surface area contributed by atoms with Gasteiger partial charge in [0.1, 0.15) is 12.4 Å². The van der Waals surface area contributed by atoms with Crippen LogP contribution in [0.5, 0.6) is 5.75 Å². The Bertz CT molecular complexity index is 1200. The molecule has 5 rings (SSSR count). The summed E-state index contributed by atoms with van der Waals surface area (Å²) in [6.07, 6.45) is 7.97. The highest BCUT2D eigenvalue weighted by molar-refractivity contribution is 6.00. The first-order valence-corrected chi connectivity index (χ1v) is 13.3. The van der Waals surface area contributed by atoms with Crippen LogP contribution in [-0.2, 0) is 16.2 Å². The molecule has 0 aromatic heterocycles. The zero-order valence-electron chi connectivity index (χ0n) is 21.2. The number of amides is 1. The first kappa shape index (κ1) is 24.4. The molecular weight excluding hydrogens is 448 g/mol. The van der Waals surface area contributed by atoms with Gasteiger partial charge in [0.2, 0.25) is 0 Å². The van der Waals surface area contributed by atoms with Gasteiger partial charge >= 0.3 is 0 Å². The van der Waals surface area contributed by atoms with Crippen LogP contribution in [0.25, 0.3) is 10.8 Å². The smallest absolute Gasteiger partial charge is 0.260 e. The molecule has 2 fully saturated rings. The summed E-state index contributed by atoms with van der Waals surface area (Å²) in [6.45, 7) is 4.45. The van der Waals surface area contributed by atoms with Gasteiger partial charge in [-0.05, 0) is 96.2 Å². The minimum atomic E-state index is 0.0851. The number of benzene rings is 3. The number of piperidine rings is 1. The molecule has 188 valence electrons. The lowest BCUT2D eigenvalue weighted by Gasteiger charge is -2.32. The highest BCUT2D eigenvalue weighted by atomic mass is 16.6. The number of nitrogens with zero attached hydrogens (tertiary/aromatic N) is 2. The van der Waals surface area contributed by atoms with Gasteiger partial charge in [0.15, 0.2) is 6.61 Å². The number of likely N-dealkylation sites (tertiary alicyclic amines) is 1. The van der Waals surface area contributed by atoms with Crippen LogP contribution in [0.4, 0.5) is 0 Å². The normalized spacial score (nSPS) is 16.8. The Morgan fingerprint density at radius 3 is 2.42 bits per heavy atom. The van der Waals surface area contributed by atoms with Crippen LogP contribution in [0.15, 0.2) is 71.9 Å². The fraction of sp³-hybridized carbons (Fsp3) is 0.419. The van der Waals surface area contributed by atoms with Crippen molar-refractivity contribution in [3.05, 3.63) is 77.9 Å². The van der Waals surface area contributed by atoms with Crippen LogP contribution in [0.2, 0.25) is 0 Å². The van der Waals surface area contributed by atoms with Gasteiger partial charge in [0.25, 0.3) is 5.91 Å². The number of unbranched alkanes of at least 4 members (excludes halogenated alkanes) is 1. The third-order valence-electron chi connectivity index (χ3n) is 7.67. The molecule has 1 heterocycles. The van der Waals surface area contributed by atoms with Gasteiger partial charge in [-0.15, -0.1) is 0 Å². The number of carbonyl (C=O) groups is 1. The van der Waals surface area contributed by atoms with Gasteiger partial charge in [0.05, 0.1) is 5.71 Å². The predicted octanol–water partition coefficient (Wildman–Crippen LogP) is 6.73. The Labute approximate surface area is 214 Å². The Morgan fingerprint density at radius 1 is 0.944 bits per heavy atom. The van der Waals surface area contributed by atoms with Crippen molar-refractivity contribution in [2.24, 2.45) is 10.6 Å². The molecule has 3 aromatic rings. The molecule has 1 aliphatic carbocycles. The summed E-state index contributed by atoms with van der Waals surface area (Å²) >= 11 is 0. The quantitative estimate of drug-likeness (QED) is 0.237. The molecule has 0 bridgehead atoms. The van der Waals surface area contributed by atoms with Crippen molar-refractivity contribution in [1.82, 2.24) is 4.90 Å². The van der Waals surface area contributed by atoms with Crippen molar-refractivity contribution >= 4 is 22.4 Å². The third kappa shape index (κ3) is 6.07. The van der Waals surface area contributed by atoms with E-state index < -0.39 is 0 Å². The molecule has 1 saturated carbocycles. The highest BCUT2D eigenvalue weighted by Gasteiger charge is 2.45. The van der Waals surface area contributed by atoms with Crippen LogP contribution in [-0.4, -0.2) is 36.2 Å². The van der Waals surface area contributed by atoms with E-state index in [1.165, 1.54) is 23.6 Å². The van der Waals surface area contributed by atoms with Gasteiger partial charge in [0, 0.05) is 13.1 Å². The van der Waals surface area contributed by atoms with Crippen LogP contribution in [0.1, 0.15) is 63.0 Å². The van der Waals surface area contributed by atoms with Crippen molar-refractivity contribution < 1.29 is 14.4 Å². The molecule has 0 atom stereocenters. The molecule has 2 aliphatic rings. The van der Waals surface area contributed by atoms with E-state index in [2.05, 4.69) is 42.4 Å². The summed E-state index contributed by atoms with van der Waals surface area (Å²) < 4.78 is 5.82. The van der Waals surface area contributed by atoms with Crippen molar-refractivity contribution in [2.75, 3.05) is 19.7 Å². The van der Waals surface area contributed by atoms with Crippen molar-refractivity contribution in [1.29, 1.82) is 0 Å². The molecule has 36 heavy (non-hydrogen) atoms. The maximum Gasteiger partial charge on any atom is 0.260 e. The Kier molecular flexibility index (Phi) is 7.55. The molecule has 0 N–H and O–H groups in total. The van der Waals surface area contributed by atoms with E-state index in [9.17, 15) is 4.79 Å². The summed E-state index contributed by atoms with van der Waals surface area (Å²) in [5.74, 6) is 0.788. The molecule has 1 amide bonds. The van der Waals surface area contributed by atoms with Gasteiger partial charge in [-0.3, -0.25) is 4.79 Å². The number of fused-ring (bicyclic) bond motifs is 1. The first-order chi connectivity index (χ1) is 17.6. The van der Waals surface area contributed by atoms with E-state index >= 15 is 0 Å². The molecule has 5 nitrogen and oxygen atoms in total. The van der Waals surface area contributed by atoms with Gasteiger partial charge in [-0.1, -0.05) is 54.9 Å². The summed E-state index contributed by atoms with van der Waals surface area (Å²) in [5.41, 5.74) is 3.62. The van der Waals surface area contributed by atoms with Crippen LogP contribution in [0.3, 0.4) is 0 Å². The lowest BCUT2D eigenvalue weighted by Crippen LogP contribution is -2.41. The number of ether oxygens (including phenoxy) is 1. The molecule has 3 aromatic carbocycles. The van der Waals surface area contributed by atoms with Crippen LogP contribution >= 0.6 is 0 Å². The number of carbonyl (C=O) groups excluding carboxylic acids is 1. The zero-order valence-corrected chi connectivity index (χ0v) is 21.2. The molecule has 1 spiro atoms. The first-order valence-electron chi connectivity index (χ1n) is 13.3. The molecule has 1 saturated heterocycles. The van der Waals surface area contributed by atoms with E-state index in [0.717, 1.165) is 62.0 Å². The lowest BCUT2D eigenvalue weighted by atomic mass is 9.94. The average Bonchev–Trinajstić information content (AvgIpc) is 3.68. The highest BCUT2D eigenvalue weighted by Crippen LogP contribution is 2.53. The summed E-state index contributed by atoms with van der Waals surface area (Å²) in [7, 11) is 0. The zero-order chi connectivity index (χ0) is 24.8. The van der Waals surface area contributed by atoms with Crippen LogP contribution < -0.4 is 4.74 Å². The SMILES string of the molecule is CCCC/C(=N/OCc1ccc2ccccc2c1)c1ccc(OCC(=O)N2CCC3(CC2)CC3)cc1. The summed E-state index contributed by atoms with van der Waals surface area (Å²) in [6, 6.07) is 22.5. The second kappa shape index (κ2) is 11.2. The van der Waals surface area contributed by atoms with Crippen LogP contribution in [0, 0.1) is 5.41 Å². The maximum absolute atomic E-state index is 12.6. The van der Waals surface area contributed by atoms with Gasteiger partial charge in [-0.2, -0.15) is 0 Å². The second-order valence-corrected chi connectivity index (χ2v) is 10.3. The van der Waals surface area contributed by atoms with Crippen molar-refractivity contribution in [3.63, 3.8) is 0 Å². The largest absolute Gasteiger partial charge is 0.484 e. The van der Waals surface area contributed by atoms with E-state index in [-0.39, 0.29) is 12.5 Å². The molecule has 0 unspecified atom stereocenters. The number of hydrogen-bond donors (Lipinski definition) is 0. The monoisotopic (exact) mass is 484 g/mol. The van der Waals surface area contributed by atoms with Gasteiger partial charge in [-0.25, -0.2) is 0 Å². The fourth-order valence-electron chi connectivity index (χ4n) is 4.99.